The fourth-order valence-electron chi connectivity index (χ4n) is 0.720. The Morgan fingerprint density at radius 1 is 1.25 bits per heavy atom. The molecule has 0 atom stereocenters. The average Bonchev–Trinajstić information content (AvgIpc) is 2.16. The molecule has 0 saturated heterocycles. The van der Waals surface area contributed by atoms with Gasteiger partial charge in [0, 0.05) is 31.5 Å². The quantitative estimate of drug-likeness (QED) is 0.528. The van der Waals surface area contributed by atoms with Gasteiger partial charge in [0.1, 0.15) is 0 Å². The second-order valence-electron chi connectivity index (χ2n) is 2.06. The maximum Gasteiger partial charge on any atom is 0.210 e. The highest BCUT2D eigenvalue weighted by Gasteiger charge is 2.05. The van der Waals surface area contributed by atoms with Crippen molar-refractivity contribution in [3.8, 4) is 0 Å². The van der Waals surface area contributed by atoms with Crippen LogP contribution in [0.25, 0.3) is 0 Å². The fourth-order valence-corrected chi connectivity index (χ4v) is 1.41. The van der Waals surface area contributed by atoms with Crippen molar-refractivity contribution in [2.24, 2.45) is 0 Å². The van der Waals surface area contributed by atoms with Crippen molar-refractivity contribution < 1.29 is 9.47 Å². The summed E-state index contributed by atoms with van der Waals surface area (Å²) >= 11 is 1.50. The van der Waals surface area contributed by atoms with E-state index < -0.39 is 0 Å². The molecule has 0 saturated carbocycles. The summed E-state index contributed by atoms with van der Waals surface area (Å²) in [6, 6.07) is 3.82. The Bertz CT molecular complexity index is 214. The minimum atomic E-state index is -0.243. The summed E-state index contributed by atoms with van der Waals surface area (Å²) in [6.45, 7) is 0. The Balaban J connectivity index is 2.51. The van der Waals surface area contributed by atoms with Gasteiger partial charge >= 0.3 is 0 Å². The molecule has 0 N–H and O–H groups in total. The molecule has 0 fully saturated rings. The number of methoxy groups -OCH3 is 2. The molecule has 12 heavy (non-hydrogen) atoms. The van der Waals surface area contributed by atoms with Crippen LogP contribution < -0.4 is 0 Å². The van der Waals surface area contributed by atoms with E-state index in [9.17, 15) is 0 Å². The van der Waals surface area contributed by atoms with Crippen molar-refractivity contribution in [1.29, 1.82) is 0 Å². The number of ether oxygens (including phenoxy) is 2. The lowest BCUT2D eigenvalue weighted by molar-refractivity contribution is -0.0343. The van der Waals surface area contributed by atoms with E-state index in [4.69, 9.17) is 9.47 Å². The summed E-state index contributed by atoms with van der Waals surface area (Å²) in [4.78, 5) is 4.99. The predicted octanol–water partition coefficient (Wildman–Crippen LogP) is 1.75. The van der Waals surface area contributed by atoms with Crippen LogP contribution >= 0.6 is 11.8 Å². The van der Waals surface area contributed by atoms with Crippen LogP contribution in [0.5, 0.6) is 0 Å². The smallest absolute Gasteiger partial charge is 0.210 e. The number of nitrogens with zero attached hydrogens (tertiary/aromatic N) is 1. The lowest BCUT2D eigenvalue weighted by Gasteiger charge is -2.11. The first kappa shape index (κ1) is 9.51. The Hall–Kier alpha value is -0.580. The van der Waals surface area contributed by atoms with Crippen LogP contribution in [0.1, 0.15) is 0 Å². The van der Waals surface area contributed by atoms with E-state index in [1.54, 1.807) is 26.6 Å². The zero-order valence-corrected chi connectivity index (χ0v) is 7.88. The molecule has 1 heterocycles. The maximum absolute atomic E-state index is 5.02. The molecule has 0 spiro atoms. The molecule has 0 aliphatic rings. The van der Waals surface area contributed by atoms with Crippen molar-refractivity contribution in [3.63, 3.8) is 0 Å². The van der Waals surface area contributed by atoms with Gasteiger partial charge in [-0.2, -0.15) is 0 Å². The molecule has 4 heteroatoms. The largest absolute Gasteiger partial charge is 0.347 e. The minimum Gasteiger partial charge on any atom is -0.347 e. The van der Waals surface area contributed by atoms with Crippen LogP contribution in [0.3, 0.4) is 0 Å². The molecule has 0 bridgehead atoms. The molecule has 0 radical (unpaired) electrons. The van der Waals surface area contributed by atoms with Gasteiger partial charge in [0.25, 0.3) is 0 Å². The van der Waals surface area contributed by atoms with E-state index in [1.807, 2.05) is 12.1 Å². The van der Waals surface area contributed by atoms with Crippen molar-refractivity contribution >= 4 is 11.8 Å². The van der Waals surface area contributed by atoms with Crippen LogP contribution in [-0.2, 0) is 9.47 Å². The molecule has 66 valence electrons. The second-order valence-corrected chi connectivity index (χ2v) is 3.15. The number of hydrogen-bond acceptors (Lipinski definition) is 4. The molecule has 3 nitrogen and oxygen atoms in total. The number of hydrogen-bond donors (Lipinski definition) is 0. The van der Waals surface area contributed by atoms with E-state index in [1.165, 1.54) is 11.8 Å². The number of pyridine rings is 1. The third-order valence-corrected chi connectivity index (χ3v) is 2.39. The van der Waals surface area contributed by atoms with Gasteiger partial charge in [0.15, 0.2) is 0 Å². The topological polar surface area (TPSA) is 31.4 Å². The van der Waals surface area contributed by atoms with E-state index in [-0.39, 0.29) is 5.62 Å². The van der Waals surface area contributed by atoms with E-state index in [0.717, 1.165) is 4.90 Å². The molecule has 0 aliphatic carbocycles. The van der Waals surface area contributed by atoms with Crippen LogP contribution in [0.15, 0.2) is 29.4 Å². The van der Waals surface area contributed by atoms with Gasteiger partial charge in [0.2, 0.25) is 5.62 Å². The molecule has 0 aliphatic heterocycles. The minimum absolute atomic E-state index is 0.243. The summed E-state index contributed by atoms with van der Waals surface area (Å²) in [5, 5.41) is 0. The first-order valence-electron chi connectivity index (χ1n) is 3.49. The van der Waals surface area contributed by atoms with Crippen molar-refractivity contribution in [2.75, 3.05) is 14.2 Å². The first-order chi connectivity index (χ1) is 5.86. The van der Waals surface area contributed by atoms with Crippen molar-refractivity contribution in [2.45, 2.75) is 10.5 Å². The highest BCUT2D eigenvalue weighted by atomic mass is 32.2. The van der Waals surface area contributed by atoms with Crippen molar-refractivity contribution in [3.05, 3.63) is 24.5 Å². The molecule has 0 unspecified atom stereocenters. The third kappa shape index (κ3) is 2.81. The maximum atomic E-state index is 5.02. The molecule has 0 aromatic carbocycles. The van der Waals surface area contributed by atoms with Gasteiger partial charge in [-0.25, -0.2) is 0 Å². The summed E-state index contributed by atoms with van der Waals surface area (Å²) in [6.07, 6.45) is 3.48. The highest BCUT2D eigenvalue weighted by Crippen LogP contribution is 2.22. The average molecular weight is 185 g/mol. The summed E-state index contributed by atoms with van der Waals surface area (Å²) in [5.41, 5.74) is -0.243. The van der Waals surface area contributed by atoms with E-state index in [0.29, 0.717) is 0 Å². The molecule has 1 rings (SSSR count). The van der Waals surface area contributed by atoms with Gasteiger partial charge in [-0.15, -0.1) is 0 Å². The molecule has 1 aromatic rings. The Kier molecular flexibility index (Phi) is 4.07. The summed E-state index contributed by atoms with van der Waals surface area (Å²) < 4.78 is 10.0. The number of rotatable bonds is 4. The standard InChI is InChI=1S/C8H11NO2S/c1-10-8(11-2)12-7-3-5-9-6-4-7/h3-6,8H,1-2H3. The van der Waals surface area contributed by atoms with Gasteiger partial charge in [-0.05, 0) is 12.1 Å². The van der Waals surface area contributed by atoms with Crippen LogP contribution in [0.4, 0.5) is 0 Å². The Morgan fingerprint density at radius 3 is 2.33 bits per heavy atom. The summed E-state index contributed by atoms with van der Waals surface area (Å²) in [7, 11) is 3.23. The zero-order chi connectivity index (χ0) is 8.81. The molecular formula is C8H11NO2S. The van der Waals surface area contributed by atoms with Crippen LogP contribution in [-0.4, -0.2) is 24.8 Å². The summed E-state index contributed by atoms with van der Waals surface area (Å²) in [5.74, 6) is 0. The third-order valence-electron chi connectivity index (χ3n) is 1.27. The number of thioether (sulfide) groups is 1. The Labute approximate surface area is 76.1 Å². The van der Waals surface area contributed by atoms with Gasteiger partial charge in [-0.3, -0.25) is 4.98 Å². The zero-order valence-electron chi connectivity index (χ0n) is 7.06. The lowest BCUT2D eigenvalue weighted by atomic mass is 10.5. The fraction of sp³-hybridized carbons (Fsp3) is 0.375. The molecular weight excluding hydrogens is 174 g/mol. The predicted molar refractivity (Wildman–Crippen MR) is 47.9 cm³/mol. The van der Waals surface area contributed by atoms with Gasteiger partial charge in [0.05, 0.1) is 0 Å². The SMILES string of the molecule is COC(OC)Sc1ccncc1. The van der Waals surface area contributed by atoms with Crippen LogP contribution in [0.2, 0.25) is 0 Å². The van der Waals surface area contributed by atoms with E-state index >= 15 is 0 Å². The molecule has 1 aromatic heterocycles. The van der Waals surface area contributed by atoms with E-state index in [2.05, 4.69) is 4.98 Å². The second kappa shape index (κ2) is 5.13. The molecule has 0 amide bonds. The van der Waals surface area contributed by atoms with Gasteiger partial charge in [-0.1, -0.05) is 11.8 Å². The lowest BCUT2D eigenvalue weighted by Crippen LogP contribution is -2.06. The van der Waals surface area contributed by atoms with Crippen LogP contribution in [0, 0.1) is 0 Å². The first-order valence-corrected chi connectivity index (χ1v) is 4.37. The monoisotopic (exact) mass is 185 g/mol. The van der Waals surface area contributed by atoms with Gasteiger partial charge < -0.3 is 9.47 Å². The normalized spacial score (nSPS) is 10.6. The van der Waals surface area contributed by atoms with Crippen molar-refractivity contribution in [1.82, 2.24) is 4.98 Å². The Morgan fingerprint density at radius 2 is 1.83 bits per heavy atom. The number of aromatic nitrogens is 1. The highest BCUT2D eigenvalue weighted by molar-refractivity contribution is 7.99.